The van der Waals surface area contributed by atoms with Gasteiger partial charge in [-0.15, -0.1) is 0 Å². The van der Waals surface area contributed by atoms with Crippen molar-refractivity contribution in [2.24, 2.45) is 5.73 Å². The summed E-state index contributed by atoms with van der Waals surface area (Å²) in [6.07, 6.45) is 3.15. The number of rotatable bonds is 13. The summed E-state index contributed by atoms with van der Waals surface area (Å²) < 4.78 is 12.2. The van der Waals surface area contributed by atoms with Crippen molar-refractivity contribution in [2.45, 2.75) is 52.1 Å². The summed E-state index contributed by atoms with van der Waals surface area (Å²) in [5.41, 5.74) is 5.47. The zero-order valence-corrected chi connectivity index (χ0v) is 13.5. The molecule has 110 valence electrons. The van der Waals surface area contributed by atoms with Crippen LogP contribution in [0.4, 0.5) is 0 Å². The van der Waals surface area contributed by atoms with Crippen molar-refractivity contribution in [3.05, 3.63) is 0 Å². The van der Waals surface area contributed by atoms with Gasteiger partial charge in [0.1, 0.15) is 0 Å². The molecule has 5 heteroatoms. The maximum atomic E-state index is 6.09. The second kappa shape index (κ2) is 12.1. The van der Waals surface area contributed by atoms with E-state index in [-0.39, 0.29) is 0 Å². The quantitative estimate of drug-likeness (QED) is 0.400. The SMILES string of the molecule is CCCO[Si](CC)(CCNCCCN)OCCC. The summed E-state index contributed by atoms with van der Waals surface area (Å²) in [5, 5.41) is 3.42. The molecule has 0 amide bonds. The Morgan fingerprint density at radius 2 is 1.61 bits per heavy atom. The van der Waals surface area contributed by atoms with E-state index in [2.05, 4.69) is 26.1 Å². The summed E-state index contributed by atoms with van der Waals surface area (Å²) in [6, 6.07) is 2.07. The first-order valence-corrected chi connectivity index (χ1v) is 9.66. The van der Waals surface area contributed by atoms with Crippen LogP contribution in [-0.2, 0) is 8.85 Å². The van der Waals surface area contributed by atoms with Crippen LogP contribution in [0.1, 0.15) is 40.0 Å². The van der Waals surface area contributed by atoms with Crippen LogP contribution in [-0.4, -0.2) is 41.4 Å². The first kappa shape index (κ1) is 18.1. The van der Waals surface area contributed by atoms with Crippen molar-refractivity contribution in [1.82, 2.24) is 5.32 Å². The van der Waals surface area contributed by atoms with Gasteiger partial charge in [0.05, 0.1) is 0 Å². The minimum Gasteiger partial charge on any atom is -0.394 e. The van der Waals surface area contributed by atoms with E-state index in [0.717, 1.165) is 64.2 Å². The molecule has 0 saturated heterocycles. The Hall–Kier alpha value is 0.0569. The van der Waals surface area contributed by atoms with Crippen LogP contribution in [0, 0.1) is 0 Å². The third kappa shape index (κ3) is 8.21. The Bertz CT molecular complexity index is 174. The minimum absolute atomic E-state index is 0.752. The van der Waals surface area contributed by atoms with Gasteiger partial charge >= 0.3 is 8.56 Å². The lowest BCUT2D eigenvalue weighted by molar-refractivity contribution is 0.168. The summed E-state index contributed by atoms with van der Waals surface area (Å²) in [6.45, 7) is 10.9. The van der Waals surface area contributed by atoms with Crippen LogP contribution in [0.25, 0.3) is 0 Å². The van der Waals surface area contributed by atoms with Gasteiger partial charge in [0.25, 0.3) is 0 Å². The fourth-order valence-corrected chi connectivity index (χ4v) is 4.62. The van der Waals surface area contributed by atoms with Crippen LogP contribution in [0.15, 0.2) is 0 Å². The molecule has 18 heavy (non-hydrogen) atoms. The predicted molar refractivity (Wildman–Crippen MR) is 80.1 cm³/mol. The highest BCUT2D eigenvalue weighted by molar-refractivity contribution is 6.67. The summed E-state index contributed by atoms with van der Waals surface area (Å²) in [7, 11) is -1.97. The molecule has 0 saturated carbocycles. The monoisotopic (exact) mass is 276 g/mol. The molecule has 0 rings (SSSR count). The number of hydrogen-bond donors (Lipinski definition) is 2. The fourth-order valence-electron chi connectivity index (χ4n) is 1.77. The molecule has 0 aromatic rings. The van der Waals surface area contributed by atoms with Crippen molar-refractivity contribution in [3.63, 3.8) is 0 Å². The highest BCUT2D eigenvalue weighted by Gasteiger charge is 2.34. The highest BCUT2D eigenvalue weighted by atomic mass is 28.4. The van der Waals surface area contributed by atoms with Crippen LogP contribution >= 0.6 is 0 Å². The molecule has 0 spiro atoms. The van der Waals surface area contributed by atoms with Crippen LogP contribution in [0.2, 0.25) is 12.1 Å². The van der Waals surface area contributed by atoms with E-state index >= 15 is 0 Å². The van der Waals surface area contributed by atoms with Gasteiger partial charge in [0.15, 0.2) is 0 Å². The predicted octanol–water partition coefficient (Wildman–Crippen LogP) is 2.24. The Labute approximate surface area is 114 Å². The molecule has 4 nitrogen and oxygen atoms in total. The van der Waals surface area contributed by atoms with E-state index < -0.39 is 8.56 Å². The van der Waals surface area contributed by atoms with Gasteiger partial charge in [-0.2, -0.15) is 0 Å². The van der Waals surface area contributed by atoms with Crippen molar-refractivity contribution in [2.75, 3.05) is 32.8 Å². The van der Waals surface area contributed by atoms with Crippen molar-refractivity contribution in [3.8, 4) is 0 Å². The Kier molecular flexibility index (Phi) is 12.1. The average molecular weight is 276 g/mol. The number of nitrogens with one attached hydrogen (secondary N) is 1. The molecule has 0 bridgehead atoms. The molecule has 0 aromatic carbocycles. The second-order valence-corrected chi connectivity index (χ2v) is 8.21. The van der Waals surface area contributed by atoms with E-state index in [1.54, 1.807) is 0 Å². The lowest BCUT2D eigenvalue weighted by Gasteiger charge is -2.30. The van der Waals surface area contributed by atoms with Crippen molar-refractivity contribution < 1.29 is 8.85 Å². The molecule has 3 N–H and O–H groups in total. The molecule has 0 aromatic heterocycles. The molecule has 0 aliphatic heterocycles. The normalized spacial score (nSPS) is 12.0. The van der Waals surface area contributed by atoms with Gasteiger partial charge in [-0.25, -0.2) is 0 Å². The zero-order chi connectivity index (χ0) is 13.7. The Morgan fingerprint density at radius 3 is 2.06 bits per heavy atom. The molecular formula is C13H32N2O2Si. The van der Waals surface area contributed by atoms with E-state index in [1.165, 1.54) is 0 Å². The van der Waals surface area contributed by atoms with E-state index in [1.807, 2.05) is 0 Å². The third-order valence-electron chi connectivity index (χ3n) is 2.92. The lowest BCUT2D eigenvalue weighted by Crippen LogP contribution is -2.44. The fraction of sp³-hybridized carbons (Fsp3) is 1.00. The molecule has 0 radical (unpaired) electrons. The zero-order valence-electron chi connectivity index (χ0n) is 12.5. The van der Waals surface area contributed by atoms with Gasteiger partial charge in [-0.3, -0.25) is 0 Å². The third-order valence-corrected chi connectivity index (χ3v) is 6.47. The standard InChI is InChI=1S/C13H32N2O2Si/c1-4-11-16-18(6-3,17-12-5-2)13-10-15-9-7-8-14/h15H,4-14H2,1-3H3. The lowest BCUT2D eigenvalue weighted by atomic mass is 10.4. The summed E-state index contributed by atoms with van der Waals surface area (Å²) >= 11 is 0. The maximum Gasteiger partial charge on any atom is 0.339 e. The molecule has 0 fully saturated rings. The topological polar surface area (TPSA) is 56.5 Å². The first-order valence-electron chi connectivity index (χ1n) is 7.43. The highest BCUT2D eigenvalue weighted by Crippen LogP contribution is 2.19. The van der Waals surface area contributed by atoms with Gasteiger partial charge < -0.3 is 19.9 Å². The van der Waals surface area contributed by atoms with Gasteiger partial charge in [0.2, 0.25) is 0 Å². The summed E-state index contributed by atoms with van der Waals surface area (Å²) in [5.74, 6) is 0. The molecule has 0 aliphatic rings. The number of hydrogen-bond acceptors (Lipinski definition) is 4. The first-order chi connectivity index (χ1) is 8.74. The van der Waals surface area contributed by atoms with Crippen LogP contribution in [0.5, 0.6) is 0 Å². The maximum absolute atomic E-state index is 6.09. The number of nitrogens with two attached hydrogens (primary N) is 1. The van der Waals surface area contributed by atoms with E-state index in [9.17, 15) is 0 Å². The van der Waals surface area contributed by atoms with Crippen LogP contribution in [0.3, 0.4) is 0 Å². The Balaban J connectivity index is 4.07. The molecular weight excluding hydrogens is 244 g/mol. The largest absolute Gasteiger partial charge is 0.394 e. The second-order valence-electron chi connectivity index (χ2n) is 4.60. The van der Waals surface area contributed by atoms with E-state index in [0.29, 0.717) is 0 Å². The molecule has 0 aliphatic carbocycles. The van der Waals surface area contributed by atoms with Gasteiger partial charge in [0, 0.05) is 19.3 Å². The smallest absolute Gasteiger partial charge is 0.339 e. The Morgan fingerprint density at radius 1 is 1.00 bits per heavy atom. The molecule has 0 atom stereocenters. The van der Waals surface area contributed by atoms with Gasteiger partial charge in [-0.05, 0) is 44.9 Å². The minimum atomic E-state index is -1.97. The van der Waals surface area contributed by atoms with Crippen molar-refractivity contribution >= 4 is 8.56 Å². The summed E-state index contributed by atoms with van der Waals surface area (Å²) in [4.78, 5) is 0. The molecule has 0 unspecified atom stereocenters. The van der Waals surface area contributed by atoms with E-state index in [4.69, 9.17) is 14.6 Å². The van der Waals surface area contributed by atoms with Gasteiger partial charge in [-0.1, -0.05) is 20.8 Å². The van der Waals surface area contributed by atoms with Crippen molar-refractivity contribution in [1.29, 1.82) is 0 Å². The molecule has 0 heterocycles. The van der Waals surface area contributed by atoms with Crippen LogP contribution < -0.4 is 11.1 Å². The average Bonchev–Trinajstić information content (AvgIpc) is 2.41.